The highest BCUT2D eigenvalue weighted by atomic mass is 19.1. The Morgan fingerprint density at radius 1 is 1.38 bits per heavy atom. The Kier molecular flexibility index (Phi) is 2.95. The fourth-order valence-corrected chi connectivity index (χ4v) is 0.993. The first-order chi connectivity index (χ1) is 6.06. The maximum atomic E-state index is 12.9. The standard InChI is InChI=1S/C9H11F2NO/c1-5-7(10)2-6(3-8(5)11)9(13)4-12/h2-3,9,13H,4,12H2,1H3. The predicted octanol–water partition coefficient (Wildman–Crippen LogP) is 1.27. The lowest BCUT2D eigenvalue weighted by atomic mass is 10.1. The Bertz CT molecular complexity index is 291. The summed E-state index contributed by atoms with van der Waals surface area (Å²) in [5.74, 6) is -1.33. The first-order valence-electron chi connectivity index (χ1n) is 3.90. The number of aliphatic hydroxyl groups excluding tert-OH is 1. The molecule has 1 atom stereocenters. The molecule has 0 saturated carbocycles. The molecule has 2 nitrogen and oxygen atoms in total. The van der Waals surface area contributed by atoms with Gasteiger partial charge in [0.05, 0.1) is 6.10 Å². The number of halogens is 2. The van der Waals surface area contributed by atoms with Crippen molar-refractivity contribution in [2.24, 2.45) is 5.73 Å². The molecule has 13 heavy (non-hydrogen) atoms. The number of hydrogen-bond acceptors (Lipinski definition) is 2. The van der Waals surface area contributed by atoms with E-state index in [2.05, 4.69) is 0 Å². The van der Waals surface area contributed by atoms with E-state index in [1.54, 1.807) is 0 Å². The highest BCUT2D eigenvalue weighted by Crippen LogP contribution is 2.18. The quantitative estimate of drug-likeness (QED) is 0.732. The summed E-state index contributed by atoms with van der Waals surface area (Å²) in [6.07, 6.45) is -1.01. The topological polar surface area (TPSA) is 46.2 Å². The van der Waals surface area contributed by atoms with Crippen LogP contribution in [0.4, 0.5) is 8.78 Å². The first kappa shape index (κ1) is 10.1. The molecule has 1 rings (SSSR count). The zero-order chi connectivity index (χ0) is 10.0. The van der Waals surface area contributed by atoms with Gasteiger partial charge in [-0.05, 0) is 24.6 Å². The SMILES string of the molecule is Cc1c(F)cc(C(O)CN)cc1F. The lowest BCUT2D eigenvalue weighted by molar-refractivity contribution is 0.185. The summed E-state index contributed by atoms with van der Waals surface area (Å²) in [4.78, 5) is 0. The van der Waals surface area contributed by atoms with E-state index in [0.717, 1.165) is 12.1 Å². The van der Waals surface area contributed by atoms with E-state index < -0.39 is 17.7 Å². The van der Waals surface area contributed by atoms with Gasteiger partial charge in [0.2, 0.25) is 0 Å². The average molecular weight is 187 g/mol. The number of rotatable bonds is 2. The van der Waals surface area contributed by atoms with Gasteiger partial charge in [-0.15, -0.1) is 0 Å². The molecule has 1 aromatic carbocycles. The summed E-state index contributed by atoms with van der Waals surface area (Å²) >= 11 is 0. The average Bonchev–Trinajstić information content (AvgIpc) is 2.12. The third kappa shape index (κ3) is 2.02. The van der Waals surface area contributed by atoms with E-state index in [0.29, 0.717) is 0 Å². The number of nitrogens with two attached hydrogens (primary N) is 1. The van der Waals surface area contributed by atoms with E-state index in [1.807, 2.05) is 0 Å². The largest absolute Gasteiger partial charge is 0.387 e. The van der Waals surface area contributed by atoms with E-state index >= 15 is 0 Å². The van der Waals surface area contributed by atoms with Gasteiger partial charge in [-0.25, -0.2) is 8.78 Å². The molecule has 0 aliphatic carbocycles. The molecule has 0 aliphatic rings. The molecule has 0 aliphatic heterocycles. The fourth-order valence-electron chi connectivity index (χ4n) is 0.993. The fraction of sp³-hybridized carbons (Fsp3) is 0.333. The molecule has 0 aromatic heterocycles. The summed E-state index contributed by atoms with van der Waals surface area (Å²) in [6.45, 7) is 1.28. The zero-order valence-corrected chi connectivity index (χ0v) is 7.22. The predicted molar refractivity (Wildman–Crippen MR) is 45.1 cm³/mol. The summed E-state index contributed by atoms with van der Waals surface area (Å²) in [5.41, 5.74) is 5.27. The number of benzene rings is 1. The van der Waals surface area contributed by atoms with Crippen molar-refractivity contribution in [3.63, 3.8) is 0 Å². The Morgan fingerprint density at radius 2 is 1.85 bits per heavy atom. The third-order valence-corrected chi connectivity index (χ3v) is 1.91. The third-order valence-electron chi connectivity index (χ3n) is 1.91. The van der Waals surface area contributed by atoms with Gasteiger partial charge >= 0.3 is 0 Å². The second-order valence-corrected chi connectivity index (χ2v) is 2.86. The van der Waals surface area contributed by atoms with Crippen LogP contribution in [0.2, 0.25) is 0 Å². The van der Waals surface area contributed by atoms with Crippen LogP contribution in [0.5, 0.6) is 0 Å². The molecule has 1 aromatic rings. The summed E-state index contributed by atoms with van der Waals surface area (Å²) < 4.78 is 25.9. The molecule has 3 N–H and O–H groups in total. The number of aliphatic hydroxyl groups is 1. The van der Waals surface area contributed by atoms with Crippen molar-refractivity contribution in [1.29, 1.82) is 0 Å². The molecule has 0 heterocycles. The van der Waals surface area contributed by atoms with Crippen LogP contribution in [0, 0.1) is 18.6 Å². The van der Waals surface area contributed by atoms with Crippen LogP contribution in [-0.4, -0.2) is 11.7 Å². The molecular weight excluding hydrogens is 176 g/mol. The Morgan fingerprint density at radius 3 is 2.23 bits per heavy atom. The minimum absolute atomic E-state index is 0.0482. The van der Waals surface area contributed by atoms with Gasteiger partial charge in [0.1, 0.15) is 11.6 Å². The molecule has 4 heteroatoms. The second kappa shape index (κ2) is 3.81. The molecule has 0 fully saturated rings. The van der Waals surface area contributed by atoms with Gasteiger partial charge in [0.25, 0.3) is 0 Å². The summed E-state index contributed by atoms with van der Waals surface area (Å²) in [7, 11) is 0. The van der Waals surface area contributed by atoms with Gasteiger partial charge in [0.15, 0.2) is 0 Å². The minimum Gasteiger partial charge on any atom is -0.387 e. The van der Waals surface area contributed by atoms with Crippen molar-refractivity contribution in [1.82, 2.24) is 0 Å². The van der Waals surface area contributed by atoms with Crippen LogP contribution >= 0.6 is 0 Å². The van der Waals surface area contributed by atoms with Crippen molar-refractivity contribution in [3.8, 4) is 0 Å². The zero-order valence-electron chi connectivity index (χ0n) is 7.22. The van der Waals surface area contributed by atoms with E-state index in [1.165, 1.54) is 6.92 Å². The number of hydrogen-bond donors (Lipinski definition) is 2. The van der Waals surface area contributed by atoms with Crippen LogP contribution in [0.25, 0.3) is 0 Å². The Hall–Kier alpha value is -1.00. The molecular formula is C9H11F2NO. The highest BCUT2D eigenvalue weighted by Gasteiger charge is 2.11. The van der Waals surface area contributed by atoms with E-state index in [4.69, 9.17) is 5.73 Å². The van der Waals surface area contributed by atoms with E-state index in [9.17, 15) is 13.9 Å². The minimum atomic E-state index is -1.01. The molecule has 0 spiro atoms. The van der Waals surface area contributed by atoms with E-state index in [-0.39, 0.29) is 17.7 Å². The van der Waals surface area contributed by atoms with Crippen LogP contribution < -0.4 is 5.73 Å². The molecule has 1 unspecified atom stereocenters. The maximum absolute atomic E-state index is 12.9. The van der Waals surface area contributed by atoms with Gasteiger partial charge < -0.3 is 10.8 Å². The van der Waals surface area contributed by atoms with Crippen molar-refractivity contribution in [3.05, 3.63) is 34.9 Å². The van der Waals surface area contributed by atoms with Crippen molar-refractivity contribution >= 4 is 0 Å². The smallest absolute Gasteiger partial charge is 0.129 e. The van der Waals surface area contributed by atoms with Crippen LogP contribution in [0.1, 0.15) is 17.2 Å². The monoisotopic (exact) mass is 187 g/mol. The van der Waals surface area contributed by atoms with Gasteiger partial charge in [-0.2, -0.15) is 0 Å². The molecule has 0 radical (unpaired) electrons. The first-order valence-corrected chi connectivity index (χ1v) is 3.90. The maximum Gasteiger partial charge on any atom is 0.129 e. The highest BCUT2D eigenvalue weighted by molar-refractivity contribution is 5.26. The van der Waals surface area contributed by atoms with Crippen LogP contribution in [-0.2, 0) is 0 Å². The summed E-state index contributed by atoms with van der Waals surface area (Å²) in [5, 5.41) is 9.21. The van der Waals surface area contributed by atoms with Crippen molar-refractivity contribution in [2.45, 2.75) is 13.0 Å². The second-order valence-electron chi connectivity index (χ2n) is 2.86. The van der Waals surface area contributed by atoms with Crippen molar-refractivity contribution < 1.29 is 13.9 Å². The van der Waals surface area contributed by atoms with Gasteiger partial charge in [-0.3, -0.25) is 0 Å². The lowest BCUT2D eigenvalue weighted by Gasteiger charge is -2.09. The molecule has 0 bridgehead atoms. The van der Waals surface area contributed by atoms with Crippen molar-refractivity contribution in [2.75, 3.05) is 6.54 Å². The summed E-state index contributed by atoms with van der Waals surface area (Å²) in [6, 6.07) is 2.19. The molecule has 0 amide bonds. The van der Waals surface area contributed by atoms with Gasteiger partial charge in [0, 0.05) is 12.1 Å². The van der Waals surface area contributed by atoms with Crippen LogP contribution in [0.15, 0.2) is 12.1 Å². The lowest BCUT2D eigenvalue weighted by Crippen LogP contribution is -2.12. The Balaban J connectivity index is 3.13. The Labute approximate surface area is 75.0 Å². The molecule has 72 valence electrons. The van der Waals surface area contributed by atoms with Gasteiger partial charge in [-0.1, -0.05) is 0 Å². The normalized spacial score (nSPS) is 13.0. The van der Waals surface area contributed by atoms with Crippen LogP contribution in [0.3, 0.4) is 0 Å². The molecule has 0 saturated heterocycles.